The molecule has 0 aliphatic carbocycles. The number of nitrogens with one attached hydrogen (secondary N) is 1. The van der Waals surface area contributed by atoms with E-state index in [0.29, 0.717) is 34.0 Å². The molecule has 2 heterocycles. The quantitative estimate of drug-likeness (QED) is 0.495. The lowest BCUT2D eigenvalue weighted by Gasteiger charge is -2.09. The highest BCUT2D eigenvalue weighted by Gasteiger charge is 2.23. The van der Waals surface area contributed by atoms with Crippen molar-refractivity contribution < 1.29 is 22.1 Å². The highest BCUT2D eigenvalue weighted by Crippen LogP contribution is 2.37. The summed E-state index contributed by atoms with van der Waals surface area (Å²) in [5.74, 6) is 1.39. The molecule has 9 nitrogen and oxygen atoms in total. The molecule has 4 aromatic rings. The van der Waals surface area contributed by atoms with Crippen LogP contribution in [0, 0.1) is 6.92 Å². The standard InChI is InChI=1S/C20H18N4O5S/c1-12-17(18(23-29-12)13-7-5-4-6-8-13)20-22-21-19(28-20)15-10-9-14(11-16(15)27-2)24-30(3,25)26/h4-11,24H,1-3H3. The zero-order valence-electron chi connectivity index (χ0n) is 16.4. The minimum absolute atomic E-state index is 0.215. The summed E-state index contributed by atoms with van der Waals surface area (Å²) in [6.07, 6.45) is 1.07. The molecule has 0 spiro atoms. The van der Waals surface area contributed by atoms with Crippen LogP contribution in [0.25, 0.3) is 34.2 Å². The smallest absolute Gasteiger partial charge is 0.254 e. The van der Waals surface area contributed by atoms with Gasteiger partial charge in [0.2, 0.25) is 10.0 Å². The van der Waals surface area contributed by atoms with Gasteiger partial charge in [-0.05, 0) is 19.1 Å². The van der Waals surface area contributed by atoms with E-state index in [4.69, 9.17) is 13.7 Å². The van der Waals surface area contributed by atoms with E-state index < -0.39 is 10.0 Å². The molecule has 0 saturated heterocycles. The van der Waals surface area contributed by atoms with Crippen LogP contribution in [0.5, 0.6) is 5.75 Å². The van der Waals surface area contributed by atoms with E-state index in [1.165, 1.54) is 7.11 Å². The van der Waals surface area contributed by atoms with Gasteiger partial charge in [-0.25, -0.2) is 8.42 Å². The van der Waals surface area contributed by atoms with Gasteiger partial charge in [0.25, 0.3) is 11.8 Å². The minimum atomic E-state index is -3.42. The lowest BCUT2D eigenvalue weighted by atomic mass is 10.1. The van der Waals surface area contributed by atoms with E-state index in [0.717, 1.165) is 11.8 Å². The number of aromatic nitrogens is 3. The van der Waals surface area contributed by atoms with Gasteiger partial charge in [0.05, 0.1) is 24.6 Å². The number of nitrogens with zero attached hydrogens (tertiary/aromatic N) is 3. The summed E-state index contributed by atoms with van der Waals surface area (Å²) < 4.78 is 42.0. The fourth-order valence-corrected chi connectivity index (χ4v) is 3.55. The van der Waals surface area contributed by atoms with Gasteiger partial charge in [0.1, 0.15) is 22.8 Å². The van der Waals surface area contributed by atoms with Gasteiger partial charge >= 0.3 is 0 Å². The average Bonchev–Trinajstić information content (AvgIpc) is 3.34. The summed E-state index contributed by atoms with van der Waals surface area (Å²) >= 11 is 0. The third-order valence-corrected chi connectivity index (χ3v) is 4.89. The number of hydrogen-bond donors (Lipinski definition) is 1. The van der Waals surface area contributed by atoms with Crippen molar-refractivity contribution in [3.8, 4) is 39.9 Å². The second-order valence-electron chi connectivity index (χ2n) is 6.53. The Labute approximate surface area is 172 Å². The Morgan fingerprint density at radius 2 is 1.77 bits per heavy atom. The zero-order valence-corrected chi connectivity index (χ0v) is 17.2. The van der Waals surface area contributed by atoms with Crippen LogP contribution < -0.4 is 9.46 Å². The molecular weight excluding hydrogens is 408 g/mol. The number of hydrogen-bond acceptors (Lipinski definition) is 8. The maximum absolute atomic E-state index is 11.5. The van der Waals surface area contributed by atoms with Crippen molar-refractivity contribution in [2.75, 3.05) is 18.1 Å². The third kappa shape index (κ3) is 3.90. The molecule has 30 heavy (non-hydrogen) atoms. The van der Waals surface area contributed by atoms with Gasteiger partial charge in [-0.1, -0.05) is 35.5 Å². The largest absolute Gasteiger partial charge is 0.496 e. The molecule has 0 amide bonds. The molecule has 4 rings (SSSR count). The number of anilines is 1. The van der Waals surface area contributed by atoms with Crippen molar-refractivity contribution in [3.63, 3.8) is 0 Å². The molecule has 10 heteroatoms. The van der Waals surface area contributed by atoms with Gasteiger partial charge in [0, 0.05) is 11.6 Å². The van der Waals surface area contributed by atoms with Gasteiger partial charge in [-0.3, -0.25) is 4.72 Å². The lowest BCUT2D eigenvalue weighted by molar-refractivity contribution is 0.399. The van der Waals surface area contributed by atoms with Crippen LogP contribution in [-0.2, 0) is 10.0 Å². The number of ether oxygens (including phenoxy) is 1. The fourth-order valence-electron chi connectivity index (χ4n) is 3.00. The Balaban J connectivity index is 1.74. The number of sulfonamides is 1. The topological polar surface area (TPSA) is 120 Å². The molecular formula is C20H18N4O5S. The molecule has 0 fully saturated rings. The van der Waals surface area contributed by atoms with Crippen LogP contribution in [-0.4, -0.2) is 37.1 Å². The van der Waals surface area contributed by atoms with Crippen molar-refractivity contribution in [1.82, 2.24) is 15.4 Å². The summed E-state index contributed by atoms with van der Waals surface area (Å²) in [6, 6.07) is 14.3. The molecule has 0 aliphatic heterocycles. The van der Waals surface area contributed by atoms with E-state index in [9.17, 15) is 8.42 Å². The fraction of sp³-hybridized carbons (Fsp3) is 0.150. The Kier molecular flexibility index (Phi) is 5.00. The average molecular weight is 426 g/mol. The van der Waals surface area contributed by atoms with Crippen LogP contribution in [0.4, 0.5) is 5.69 Å². The molecule has 0 saturated carbocycles. The van der Waals surface area contributed by atoms with Crippen LogP contribution in [0.1, 0.15) is 5.76 Å². The number of aryl methyl sites for hydroxylation is 1. The van der Waals surface area contributed by atoms with Gasteiger partial charge < -0.3 is 13.7 Å². The summed E-state index contributed by atoms with van der Waals surface area (Å²) in [7, 11) is -1.95. The second kappa shape index (κ2) is 7.64. The van der Waals surface area contributed by atoms with E-state index in [2.05, 4.69) is 20.1 Å². The highest BCUT2D eigenvalue weighted by atomic mass is 32.2. The monoisotopic (exact) mass is 426 g/mol. The first-order chi connectivity index (χ1) is 14.4. The van der Waals surface area contributed by atoms with Crippen LogP contribution >= 0.6 is 0 Å². The molecule has 2 aromatic carbocycles. The Morgan fingerprint density at radius 1 is 1.03 bits per heavy atom. The third-order valence-electron chi connectivity index (χ3n) is 4.28. The molecule has 0 aliphatic rings. The van der Waals surface area contributed by atoms with E-state index in [1.807, 2.05) is 30.3 Å². The summed E-state index contributed by atoms with van der Waals surface area (Å²) in [4.78, 5) is 0. The number of benzene rings is 2. The summed E-state index contributed by atoms with van der Waals surface area (Å²) in [5, 5.41) is 12.4. The van der Waals surface area contributed by atoms with Gasteiger partial charge in [-0.2, -0.15) is 0 Å². The van der Waals surface area contributed by atoms with Crippen molar-refractivity contribution in [3.05, 3.63) is 54.3 Å². The predicted octanol–water partition coefficient (Wildman–Crippen LogP) is 3.75. The maximum Gasteiger partial charge on any atom is 0.254 e. The Morgan fingerprint density at radius 3 is 2.47 bits per heavy atom. The van der Waals surface area contributed by atoms with Crippen molar-refractivity contribution >= 4 is 15.7 Å². The normalized spacial score (nSPS) is 11.4. The van der Waals surface area contributed by atoms with Crippen molar-refractivity contribution in [2.24, 2.45) is 0 Å². The van der Waals surface area contributed by atoms with Crippen LogP contribution in [0.2, 0.25) is 0 Å². The Hall–Kier alpha value is -3.66. The summed E-state index contributed by atoms with van der Waals surface area (Å²) in [6.45, 7) is 1.77. The molecule has 1 N–H and O–H groups in total. The molecule has 0 radical (unpaired) electrons. The predicted molar refractivity (Wildman–Crippen MR) is 110 cm³/mol. The van der Waals surface area contributed by atoms with E-state index in [1.54, 1.807) is 25.1 Å². The number of rotatable bonds is 6. The SMILES string of the molecule is COc1cc(NS(C)(=O)=O)ccc1-c1nnc(-c2c(-c3ccccc3)noc2C)o1. The van der Waals surface area contributed by atoms with Gasteiger partial charge in [0.15, 0.2) is 0 Å². The van der Waals surface area contributed by atoms with E-state index in [-0.39, 0.29) is 11.8 Å². The molecule has 2 aromatic heterocycles. The van der Waals surface area contributed by atoms with Crippen LogP contribution in [0.3, 0.4) is 0 Å². The van der Waals surface area contributed by atoms with Gasteiger partial charge in [-0.15, -0.1) is 10.2 Å². The maximum atomic E-state index is 11.5. The van der Waals surface area contributed by atoms with Crippen LogP contribution in [0.15, 0.2) is 57.5 Å². The first-order valence-corrected chi connectivity index (χ1v) is 10.8. The van der Waals surface area contributed by atoms with Crippen molar-refractivity contribution in [2.45, 2.75) is 6.92 Å². The lowest BCUT2D eigenvalue weighted by Crippen LogP contribution is -2.09. The molecule has 0 atom stereocenters. The molecule has 0 bridgehead atoms. The Bertz CT molecular complexity index is 1300. The minimum Gasteiger partial charge on any atom is -0.496 e. The second-order valence-corrected chi connectivity index (χ2v) is 8.28. The number of methoxy groups -OCH3 is 1. The first kappa shape index (κ1) is 19.6. The highest BCUT2D eigenvalue weighted by molar-refractivity contribution is 7.92. The van der Waals surface area contributed by atoms with E-state index >= 15 is 0 Å². The summed E-state index contributed by atoms with van der Waals surface area (Å²) in [5.41, 5.74) is 2.94. The van der Waals surface area contributed by atoms with Crippen molar-refractivity contribution in [1.29, 1.82) is 0 Å². The molecule has 0 unspecified atom stereocenters. The first-order valence-electron chi connectivity index (χ1n) is 8.87. The zero-order chi connectivity index (χ0) is 21.3. The molecule has 154 valence electrons.